The van der Waals surface area contributed by atoms with Crippen LogP contribution in [0.25, 0.3) is 0 Å². The van der Waals surface area contributed by atoms with E-state index in [0.717, 1.165) is 0 Å². The first-order valence-electron chi connectivity index (χ1n) is 6.34. The monoisotopic (exact) mass is 244 g/mol. The van der Waals surface area contributed by atoms with Crippen LogP contribution in [-0.2, 0) is 11.2 Å². The third-order valence-corrected chi connectivity index (χ3v) is 4.69. The van der Waals surface area contributed by atoms with Crippen LogP contribution >= 0.6 is 0 Å². The molecule has 2 heteroatoms. The molecule has 0 aliphatic heterocycles. The van der Waals surface area contributed by atoms with Gasteiger partial charge in [0.1, 0.15) is 10.2 Å². The van der Waals surface area contributed by atoms with Gasteiger partial charge in [-0.3, -0.25) is 0 Å². The first-order chi connectivity index (χ1) is 7.20. The predicted octanol–water partition coefficient (Wildman–Crippen LogP) is 4.37. The van der Waals surface area contributed by atoms with E-state index in [1.54, 1.807) is 0 Å². The molecule has 0 fully saturated rings. The molecule has 16 heavy (non-hydrogen) atoms. The fraction of sp³-hybridized carbons (Fsp3) is 0.857. The Morgan fingerprint density at radius 3 is 1.31 bits per heavy atom. The summed E-state index contributed by atoms with van der Waals surface area (Å²) in [5.41, 5.74) is 1.39. The Morgan fingerprint density at radius 2 is 1.12 bits per heavy atom. The number of rotatable bonds is 5. The molecule has 0 aromatic heterocycles. The lowest BCUT2D eigenvalue weighted by Gasteiger charge is -2.27. The molecule has 0 aromatic carbocycles. The fourth-order valence-corrected chi connectivity index (χ4v) is 3.85. The standard InChI is InChI=1S/C14H28OS/c1-9(2)13(10(3)4)14(11(5)6)16(15)12(7)8/h9-12H,1-8H3. The highest BCUT2D eigenvalue weighted by molar-refractivity contribution is 7.95. The normalized spacial score (nSPS) is 14.1. The molecule has 0 spiro atoms. The molecule has 0 saturated heterocycles. The van der Waals surface area contributed by atoms with Crippen LogP contribution in [0.2, 0.25) is 0 Å². The van der Waals surface area contributed by atoms with Crippen LogP contribution < -0.4 is 0 Å². The highest BCUT2D eigenvalue weighted by Gasteiger charge is 2.28. The minimum absolute atomic E-state index is 0.213. The molecule has 0 aliphatic rings. The van der Waals surface area contributed by atoms with Gasteiger partial charge in [0, 0.05) is 5.92 Å². The average molecular weight is 244 g/mol. The van der Waals surface area contributed by atoms with Gasteiger partial charge in [-0.15, -0.1) is 0 Å². The predicted molar refractivity (Wildman–Crippen MR) is 74.8 cm³/mol. The van der Waals surface area contributed by atoms with Crippen molar-refractivity contribution in [2.45, 2.75) is 60.6 Å². The zero-order valence-electron chi connectivity index (χ0n) is 12.1. The Hall–Kier alpha value is 0.0500. The topological polar surface area (TPSA) is 23.1 Å². The van der Waals surface area contributed by atoms with Crippen molar-refractivity contribution >= 4 is 11.2 Å². The van der Waals surface area contributed by atoms with E-state index < -0.39 is 11.2 Å². The largest absolute Gasteiger partial charge is 0.611 e. The van der Waals surface area contributed by atoms with Crippen molar-refractivity contribution in [3.8, 4) is 0 Å². The van der Waals surface area contributed by atoms with Gasteiger partial charge in [-0.1, -0.05) is 41.5 Å². The first kappa shape index (κ1) is 16.1. The summed E-state index contributed by atoms with van der Waals surface area (Å²) in [6, 6.07) is 0. The van der Waals surface area contributed by atoms with Gasteiger partial charge >= 0.3 is 0 Å². The van der Waals surface area contributed by atoms with Crippen LogP contribution in [0, 0.1) is 17.8 Å². The van der Waals surface area contributed by atoms with Crippen molar-refractivity contribution in [2.75, 3.05) is 0 Å². The first-order valence-corrected chi connectivity index (χ1v) is 7.55. The molecular weight excluding hydrogens is 216 g/mol. The van der Waals surface area contributed by atoms with Gasteiger partial charge in [-0.05, 0) is 42.4 Å². The Labute approximate surface area is 105 Å². The minimum atomic E-state index is -0.831. The van der Waals surface area contributed by atoms with Crippen LogP contribution in [0.1, 0.15) is 55.4 Å². The highest BCUT2D eigenvalue weighted by Crippen LogP contribution is 2.33. The van der Waals surface area contributed by atoms with Gasteiger partial charge in [0.15, 0.2) is 0 Å². The minimum Gasteiger partial charge on any atom is -0.611 e. The summed E-state index contributed by atoms with van der Waals surface area (Å²) in [6.07, 6.45) is 0. The van der Waals surface area contributed by atoms with Crippen molar-refractivity contribution in [1.82, 2.24) is 0 Å². The molecule has 96 valence electrons. The Kier molecular flexibility index (Phi) is 6.73. The second-order valence-corrected chi connectivity index (χ2v) is 7.61. The van der Waals surface area contributed by atoms with E-state index in [0.29, 0.717) is 17.8 Å². The van der Waals surface area contributed by atoms with Gasteiger partial charge in [0.25, 0.3) is 0 Å². The fourth-order valence-electron chi connectivity index (χ4n) is 2.17. The molecule has 1 atom stereocenters. The van der Waals surface area contributed by atoms with E-state index >= 15 is 0 Å². The van der Waals surface area contributed by atoms with Crippen molar-refractivity contribution in [1.29, 1.82) is 0 Å². The third-order valence-electron chi connectivity index (χ3n) is 2.70. The summed E-state index contributed by atoms with van der Waals surface area (Å²) in [6.45, 7) is 17.2. The molecule has 0 aliphatic carbocycles. The van der Waals surface area contributed by atoms with Crippen LogP contribution in [0.3, 0.4) is 0 Å². The lowest BCUT2D eigenvalue weighted by molar-refractivity contribution is 0.566. The van der Waals surface area contributed by atoms with Crippen molar-refractivity contribution in [2.24, 2.45) is 17.8 Å². The summed E-state index contributed by atoms with van der Waals surface area (Å²) >= 11 is -0.831. The zero-order valence-corrected chi connectivity index (χ0v) is 12.9. The van der Waals surface area contributed by atoms with Gasteiger partial charge in [-0.25, -0.2) is 0 Å². The summed E-state index contributed by atoms with van der Waals surface area (Å²) in [7, 11) is 0. The molecule has 0 N–H and O–H groups in total. The molecule has 0 saturated carbocycles. The molecular formula is C14H28OS. The van der Waals surface area contributed by atoms with E-state index in [1.165, 1.54) is 10.5 Å². The lowest BCUT2D eigenvalue weighted by atomic mass is 9.90. The Morgan fingerprint density at radius 1 is 0.750 bits per heavy atom. The molecule has 0 aromatic rings. The van der Waals surface area contributed by atoms with Gasteiger partial charge in [0.05, 0.1) is 0 Å². The van der Waals surface area contributed by atoms with Gasteiger partial charge < -0.3 is 4.55 Å². The van der Waals surface area contributed by atoms with E-state index in [4.69, 9.17) is 0 Å². The van der Waals surface area contributed by atoms with E-state index in [1.807, 2.05) is 13.8 Å². The second kappa shape index (κ2) is 6.70. The number of allylic oxidation sites excluding steroid dienone is 2. The highest BCUT2D eigenvalue weighted by atomic mass is 32.2. The average Bonchev–Trinajstić information content (AvgIpc) is 2.10. The van der Waals surface area contributed by atoms with Crippen LogP contribution in [0.15, 0.2) is 10.5 Å². The molecule has 1 nitrogen and oxygen atoms in total. The maximum absolute atomic E-state index is 12.4. The number of hydrogen-bond acceptors (Lipinski definition) is 1. The maximum Gasteiger partial charge on any atom is 0.132 e. The molecule has 0 rings (SSSR count). The van der Waals surface area contributed by atoms with Crippen LogP contribution in [0.5, 0.6) is 0 Å². The summed E-state index contributed by atoms with van der Waals surface area (Å²) in [5.74, 6) is 1.35. The molecule has 0 radical (unpaired) electrons. The zero-order chi connectivity index (χ0) is 13.0. The van der Waals surface area contributed by atoms with E-state index in [9.17, 15) is 4.55 Å². The molecule has 0 amide bonds. The quantitative estimate of drug-likeness (QED) is 0.659. The third kappa shape index (κ3) is 4.14. The Bertz CT molecular complexity index is 229. The second-order valence-electron chi connectivity index (χ2n) is 5.63. The van der Waals surface area contributed by atoms with Gasteiger partial charge in [-0.2, -0.15) is 0 Å². The van der Waals surface area contributed by atoms with Crippen LogP contribution in [-0.4, -0.2) is 9.80 Å². The molecule has 1 unspecified atom stereocenters. The maximum atomic E-state index is 12.4. The molecule has 0 heterocycles. The van der Waals surface area contributed by atoms with Gasteiger partial charge in [0.2, 0.25) is 0 Å². The van der Waals surface area contributed by atoms with E-state index in [-0.39, 0.29) is 5.25 Å². The van der Waals surface area contributed by atoms with Crippen molar-refractivity contribution in [3.63, 3.8) is 0 Å². The Balaban J connectivity index is 5.49. The summed E-state index contributed by atoms with van der Waals surface area (Å²) < 4.78 is 12.4. The van der Waals surface area contributed by atoms with Crippen molar-refractivity contribution < 1.29 is 4.55 Å². The van der Waals surface area contributed by atoms with E-state index in [2.05, 4.69) is 41.5 Å². The SMILES string of the molecule is CC(C)C(=C(C(C)C)[S+]([O-])C(C)C)C(C)C. The summed E-state index contributed by atoms with van der Waals surface area (Å²) in [5, 5.41) is 0.213. The van der Waals surface area contributed by atoms with Crippen LogP contribution in [0.4, 0.5) is 0 Å². The lowest BCUT2D eigenvalue weighted by Crippen LogP contribution is -2.23. The van der Waals surface area contributed by atoms with Crippen molar-refractivity contribution in [3.05, 3.63) is 10.5 Å². The summed E-state index contributed by atoms with van der Waals surface area (Å²) in [4.78, 5) is 1.18. The smallest absolute Gasteiger partial charge is 0.132 e. The number of hydrogen-bond donors (Lipinski definition) is 0. The molecule has 0 bridgehead atoms.